The van der Waals surface area contributed by atoms with E-state index in [0.29, 0.717) is 10.0 Å². The van der Waals surface area contributed by atoms with E-state index in [9.17, 15) is 4.79 Å². The minimum atomic E-state index is 0.0870. The van der Waals surface area contributed by atoms with Crippen LogP contribution >= 0.6 is 23.2 Å². The zero-order valence-electron chi connectivity index (χ0n) is 14.9. The largest absolute Gasteiger partial charge is 0.378 e. The molecule has 0 spiro atoms. The molecule has 0 N–H and O–H groups in total. The monoisotopic (exact) mass is 385 g/mol. The summed E-state index contributed by atoms with van der Waals surface area (Å²) in [5, 5.41) is 1.13. The molecule has 26 heavy (non-hydrogen) atoms. The summed E-state index contributed by atoms with van der Waals surface area (Å²) in [5.41, 5.74) is 4.49. The normalized spacial score (nSPS) is 17.8. The van der Waals surface area contributed by atoms with E-state index in [4.69, 9.17) is 23.2 Å². The predicted octanol–water partition coefficient (Wildman–Crippen LogP) is 6.28. The van der Waals surface area contributed by atoms with E-state index < -0.39 is 0 Å². The van der Waals surface area contributed by atoms with Crippen molar-refractivity contribution in [3.8, 4) is 0 Å². The third-order valence-corrected chi connectivity index (χ3v) is 5.20. The highest BCUT2D eigenvalue weighted by Crippen LogP contribution is 2.32. The van der Waals surface area contributed by atoms with Crippen LogP contribution in [0.5, 0.6) is 0 Å². The van der Waals surface area contributed by atoms with E-state index in [1.807, 2.05) is 38.4 Å². The van der Waals surface area contributed by atoms with Gasteiger partial charge in [-0.05, 0) is 61.2 Å². The molecule has 3 rings (SSSR count). The highest BCUT2D eigenvalue weighted by molar-refractivity contribution is 6.37. The van der Waals surface area contributed by atoms with Gasteiger partial charge < -0.3 is 4.90 Å². The molecule has 0 atom stereocenters. The molecule has 0 bridgehead atoms. The zero-order valence-corrected chi connectivity index (χ0v) is 16.4. The van der Waals surface area contributed by atoms with Crippen molar-refractivity contribution < 1.29 is 4.79 Å². The number of hydrogen-bond donors (Lipinski definition) is 0. The van der Waals surface area contributed by atoms with Crippen molar-refractivity contribution in [1.29, 1.82) is 0 Å². The van der Waals surface area contributed by atoms with Crippen LogP contribution in [0.3, 0.4) is 0 Å². The van der Waals surface area contributed by atoms with Crippen molar-refractivity contribution in [3.05, 3.63) is 74.8 Å². The van der Waals surface area contributed by atoms with Crippen LogP contribution in [0.15, 0.2) is 53.6 Å². The molecule has 1 fully saturated rings. The molecule has 0 unspecified atom stereocenters. The molecular formula is C22H21Cl2NO. The zero-order chi connectivity index (χ0) is 18.7. The van der Waals surface area contributed by atoms with E-state index >= 15 is 0 Å². The number of Topliss-reactive ketones (excluding diaryl/α,β-unsaturated/α-hetero) is 1. The van der Waals surface area contributed by atoms with Gasteiger partial charge in [0.25, 0.3) is 0 Å². The van der Waals surface area contributed by atoms with Crippen molar-refractivity contribution >= 4 is 46.8 Å². The van der Waals surface area contributed by atoms with Gasteiger partial charge in [0.1, 0.15) is 0 Å². The van der Waals surface area contributed by atoms with E-state index in [1.165, 1.54) is 0 Å². The molecule has 134 valence electrons. The maximum atomic E-state index is 12.9. The number of allylic oxidation sites excluding steroid dienone is 2. The van der Waals surface area contributed by atoms with Gasteiger partial charge in [-0.3, -0.25) is 4.79 Å². The maximum Gasteiger partial charge on any atom is 0.185 e. The van der Waals surface area contributed by atoms with Gasteiger partial charge in [0, 0.05) is 46.5 Å². The quantitative estimate of drug-likeness (QED) is 0.579. The number of carbonyl (C=O) groups is 1. The number of nitrogens with zero attached hydrogens (tertiary/aromatic N) is 1. The second-order valence-electron chi connectivity index (χ2n) is 6.64. The Kier molecular flexibility index (Phi) is 5.85. The number of ketones is 1. The number of rotatable bonds is 3. The number of benzene rings is 2. The molecule has 0 amide bonds. The lowest BCUT2D eigenvalue weighted by molar-refractivity contribution is -0.112. The Bertz CT molecular complexity index is 859. The Labute approximate surface area is 164 Å². The van der Waals surface area contributed by atoms with E-state index in [-0.39, 0.29) is 5.78 Å². The van der Waals surface area contributed by atoms with E-state index in [1.54, 1.807) is 18.2 Å². The van der Waals surface area contributed by atoms with Crippen molar-refractivity contribution in [2.45, 2.75) is 19.3 Å². The van der Waals surface area contributed by atoms with Crippen molar-refractivity contribution in [2.75, 3.05) is 19.0 Å². The first-order chi connectivity index (χ1) is 12.5. The number of carbonyl (C=O) groups excluding carboxylic acids is 1. The second-order valence-corrected chi connectivity index (χ2v) is 7.46. The molecule has 0 aromatic heterocycles. The van der Waals surface area contributed by atoms with E-state index in [0.717, 1.165) is 47.2 Å². The maximum absolute atomic E-state index is 12.9. The fourth-order valence-electron chi connectivity index (χ4n) is 3.07. The van der Waals surface area contributed by atoms with Gasteiger partial charge in [-0.25, -0.2) is 0 Å². The first-order valence-electron chi connectivity index (χ1n) is 8.63. The van der Waals surface area contributed by atoms with E-state index in [2.05, 4.69) is 17.0 Å². The van der Waals surface area contributed by atoms with Gasteiger partial charge in [0.2, 0.25) is 0 Å². The summed E-state index contributed by atoms with van der Waals surface area (Å²) in [6.07, 6.45) is 6.32. The van der Waals surface area contributed by atoms with Gasteiger partial charge in [0.15, 0.2) is 5.78 Å². The molecule has 1 saturated carbocycles. The van der Waals surface area contributed by atoms with Crippen LogP contribution in [0.2, 0.25) is 10.0 Å². The van der Waals surface area contributed by atoms with Crippen molar-refractivity contribution in [2.24, 2.45) is 0 Å². The summed E-state index contributed by atoms with van der Waals surface area (Å²) in [4.78, 5) is 15.0. The minimum Gasteiger partial charge on any atom is -0.378 e. The van der Waals surface area contributed by atoms with Crippen LogP contribution in [0, 0.1) is 0 Å². The summed E-state index contributed by atoms with van der Waals surface area (Å²) in [7, 11) is 4.02. The first kappa shape index (κ1) is 18.8. The smallest absolute Gasteiger partial charge is 0.185 e. The summed E-state index contributed by atoms with van der Waals surface area (Å²) in [6, 6.07) is 13.6. The summed E-state index contributed by atoms with van der Waals surface area (Å²) in [5.74, 6) is 0.0870. The third-order valence-electron chi connectivity index (χ3n) is 4.54. The fraction of sp³-hybridized carbons (Fsp3) is 0.227. The van der Waals surface area contributed by atoms with Crippen molar-refractivity contribution in [1.82, 2.24) is 0 Å². The van der Waals surface area contributed by atoms with Gasteiger partial charge in [-0.1, -0.05) is 41.4 Å². The summed E-state index contributed by atoms with van der Waals surface area (Å²) < 4.78 is 0. The highest BCUT2D eigenvalue weighted by Gasteiger charge is 2.21. The molecule has 1 aliphatic carbocycles. The average Bonchev–Trinajstić information content (AvgIpc) is 2.62. The van der Waals surface area contributed by atoms with Crippen LogP contribution in [-0.4, -0.2) is 19.9 Å². The Balaban J connectivity index is 1.89. The summed E-state index contributed by atoms with van der Waals surface area (Å²) >= 11 is 12.5. The standard InChI is InChI=1S/C22H21Cl2NO/c1-25(2)18-11-9-15(10-12-18)13-16-5-3-6-17(22(16)26)14-19-20(23)7-4-8-21(19)24/h4,7-14H,3,5-6H2,1-2H3/b16-13-,17-14-. The SMILES string of the molecule is CN(C)c1ccc(/C=C2/CCC/C(=C/c3c(Cl)cccc3Cl)C2=O)cc1. The molecule has 0 heterocycles. The third kappa shape index (κ3) is 4.20. The summed E-state index contributed by atoms with van der Waals surface area (Å²) in [6.45, 7) is 0. The number of hydrogen-bond acceptors (Lipinski definition) is 2. The molecule has 0 radical (unpaired) electrons. The van der Waals surface area contributed by atoms with Crippen LogP contribution in [-0.2, 0) is 4.79 Å². The molecule has 4 heteroatoms. The Morgan fingerprint density at radius 2 is 1.46 bits per heavy atom. The predicted molar refractivity (Wildman–Crippen MR) is 112 cm³/mol. The highest BCUT2D eigenvalue weighted by atomic mass is 35.5. The van der Waals surface area contributed by atoms with Crippen LogP contribution in [0.4, 0.5) is 5.69 Å². The number of halogens is 2. The fourth-order valence-corrected chi connectivity index (χ4v) is 3.58. The minimum absolute atomic E-state index is 0.0870. The molecule has 2 nitrogen and oxygen atoms in total. The lowest BCUT2D eigenvalue weighted by Crippen LogP contribution is -2.12. The Morgan fingerprint density at radius 1 is 0.885 bits per heavy atom. The van der Waals surface area contributed by atoms with Gasteiger partial charge in [-0.15, -0.1) is 0 Å². The molecule has 0 saturated heterocycles. The van der Waals surface area contributed by atoms with Crippen LogP contribution < -0.4 is 4.90 Å². The average molecular weight is 386 g/mol. The lowest BCUT2D eigenvalue weighted by atomic mass is 9.87. The lowest BCUT2D eigenvalue weighted by Gasteiger charge is -2.17. The topological polar surface area (TPSA) is 20.3 Å². The Hall–Kier alpha value is -2.03. The van der Waals surface area contributed by atoms with Gasteiger partial charge >= 0.3 is 0 Å². The van der Waals surface area contributed by atoms with Crippen LogP contribution in [0.1, 0.15) is 30.4 Å². The number of anilines is 1. The second kappa shape index (κ2) is 8.11. The Morgan fingerprint density at radius 3 is 2.04 bits per heavy atom. The van der Waals surface area contributed by atoms with Gasteiger partial charge in [0.05, 0.1) is 0 Å². The molecular weight excluding hydrogens is 365 g/mol. The van der Waals surface area contributed by atoms with Crippen LogP contribution in [0.25, 0.3) is 12.2 Å². The molecule has 2 aromatic carbocycles. The molecule has 2 aromatic rings. The first-order valence-corrected chi connectivity index (χ1v) is 9.38. The molecule has 0 aliphatic heterocycles. The molecule has 1 aliphatic rings. The van der Waals surface area contributed by atoms with Crippen molar-refractivity contribution in [3.63, 3.8) is 0 Å². The van der Waals surface area contributed by atoms with Gasteiger partial charge in [-0.2, -0.15) is 0 Å².